The Labute approximate surface area is 132 Å². The molecule has 0 radical (unpaired) electrons. The molecule has 1 fully saturated rings. The van der Waals surface area contributed by atoms with Gasteiger partial charge in [-0.25, -0.2) is 13.1 Å². The SMILES string of the molecule is CSCCCNS(=O)(=O)c1cccc(CNC2CC2)c1C. The molecule has 0 spiro atoms. The van der Waals surface area contributed by atoms with Crippen LogP contribution in [0.15, 0.2) is 23.1 Å². The first-order valence-corrected chi connectivity index (χ1v) is 10.2. The van der Waals surface area contributed by atoms with E-state index >= 15 is 0 Å². The lowest BCUT2D eigenvalue weighted by atomic mass is 10.1. The molecule has 118 valence electrons. The predicted molar refractivity (Wildman–Crippen MR) is 89.2 cm³/mol. The molecule has 21 heavy (non-hydrogen) atoms. The van der Waals surface area contributed by atoms with E-state index in [9.17, 15) is 8.42 Å². The molecular formula is C15H24N2O2S2. The molecule has 1 aliphatic rings. The highest BCUT2D eigenvalue weighted by molar-refractivity contribution is 7.98. The molecule has 0 unspecified atom stereocenters. The summed E-state index contributed by atoms with van der Waals surface area (Å²) in [5, 5.41) is 3.43. The van der Waals surface area contributed by atoms with Crippen LogP contribution in [0.2, 0.25) is 0 Å². The second kappa shape index (κ2) is 7.63. The first-order valence-electron chi connectivity index (χ1n) is 7.35. The Morgan fingerprint density at radius 3 is 2.76 bits per heavy atom. The van der Waals surface area contributed by atoms with E-state index in [1.807, 2.05) is 25.3 Å². The van der Waals surface area contributed by atoms with Crippen molar-refractivity contribution in [1.82, 2.24) is 10.0 Å². The number of hydrogen-bond donors (Lipinski definition) is 2. The molecule has 0 bridgehead atoms. The second-order valence-electron chi connectivity index (χ2n) is 5.44. The van der Waals surface area contributed by atoms with Crippen LogP contribution in [0.5, 0.6) is 0 Å². The van der Waals surface area contributed by atoms with Crippen LogP contribution in [0, 0.1) is 6.92 Å². The highest BCUT2D eigenvalue weighted by Crippen LogP contribution is 2.22. The standard InChI is InChI=1S/C15H24N2O2S2/c1-12-13(11-16-14-7-8-14)5-3-6-15(12)21(18,19)17-9-4-10-20-2/h3,5-6,14,16-17H,4,7-11H2,1-2H3. The minimum Gasteiger partial charge on any atom is -0.310 e. The van der Waals surface area contributed by atoms with Crippen molar-refractivity contribution < 1.29 is 8.42 Å². The van der Waals surface area contributed by atoms with E-state index in [-0.39, 0.29) is 0 Å². The zero-order chi connectivity index (χ0) is 15.3. The Morgan fingerprint density at radius 1 is 1.33 bits per heavy atom. The van der Waals surface area contributed by atoms with Gasteiger partial charge >= 0.3 is 0 Å². The van der Waals surface area contributed by atoms with Gasteiger partial charge in [-0.3, -0.25) is 0 Å². The summed E-state index contributed by atoms with van der Waals surface area (Å²) in [5.74, 6) is 0.965. The summed E-state index contributed by atoms with van der Waals surface area (Å²) in [4.78, 5) is 0.404. The van der Waals surface area contributed by atoms with Crippen molar-refractivity contribution in [2.24, 2.45) is 0 Å². The third kappa shape index (κ3) is 4.98. The van der Waals surface area contributed by atoms with Crippen LogP contribution < -0.4 is 10.0 Å². The summed E-state index contributed by atoms with van der Waals surface area (Å²) >= 11 is 1.73. The molecule has 2 N–H and O–H groups in total. The fraction of sp³-hybridized carbons (Fsp3) is 0.600. The maximum Gasteiger partial charge on any atom is 0.240 e. The normalized spacial score (nSPS) is 15.3. The minimum absolute atomic E-state index is 0.404. The molecule has 1 aromatic carbocycles. The molecule has 0 saturated heterocycles. The highest BCUT2D eigenvalue weighted by atomic mass is 32.2. The van der Waals surface area contributed by atoms with Gasteiger partial charge in [0.15, 0.2) is 0 Å². The average molecular weight is 329 g/mol. The summed E-state index contributed by atoms with van der Waals surface area (Å²) in [6.07, 6.45) is 5.33. The summed E-state index contributed by atoms with van der Waals surface area (Å²) in [7, 11) is -3.40. The van der Waals surface area contributed by atoms with Crippen molar-refractivity contribution in [3.8, 4) is 0 Å². The molecule has 6 heteroatoms. The quantitative estimate of drug-likeness (QED) is 0.683. The Morgan fingerprint density at radius 2 is 2.10 bits per heavy atom. The van der Waals surface area contributed by atoms with Gasteiger partial charge in [0.05, 0.1) is 4.90 Å². The molecule has 1 aliphatic carbocycles. The molecule has 0 aromatic heterocycles. The summed E-state index contributed by atoms with van der Waals surface area (Å²) in [5.41, 5.74) is 1.91. The van der Waals surface area contributed by atoms with Gasteiger partial charge in [0, 0.05) is 19.1 Å². The molecule has 2 rings (SSSR count). The smallest absolute Gasteiger partial charge is 0.240 e. The van der Waals surface area contributed by atoms with Crippen molar-refractivity contribution >= 4 is 21.8 Å². The molecule has 0 aliphatic heterocycles. The Hall–Kier alpha value is -0.560. The first kappa shape index (κ1) is 16.8. The van der Waals surface area contributed by atoms with Crippen LogP contribution in [-0.4, -0.2) is 33.0 Å². The summed E-state index contributed by atoms with van der Waals surface area (Å²) < 4.78 is 27.5. The van der Waals surface area contributed by atoms with Gasteiger partial charge in [-0.2, -0.15) is 11.8 Å². The van der Waals surface area contributed by atoms with Crippen LogP contribution in [0.4, 0.5) is 0 Å². The topological polar surface area (TPSA) is 58.2 Å². The number of sulfonamides is 1. The third-order valence-electron chi connectivity index (χ3n) is 3.66. The number of thioether (sulfide) groups is 1. The van der Waals surface area contributed by atoms with Crippen LogP contribution in [0.3, 0.4) is 0 Å². The maximum atomic E-state index is 12.4. The van der Waals surface area contributed by atoms with Gasteiger partial charge in [-0.1, -0.05) is 12.1 Å². The fourth-order valence-corrected chi connectivity index (χ4v) is 3.98. The van der Waals surface area contributed by atoms with E-state index in [0.717, 1.165) is 29.8 Å². The van der Waals surface area contributed by atoms with E-state index in [0.29, 0.717) is 17.5 Å². The van der Waals surface area contributed by atoms with Crippen molar-refractivity contribution in [3.05, 3.63) is 29.3 Å². The Kier molecular flexibility index (Phi) is 6.10. The molecule has 0 amide bonds. The number of benzene rings is 1. The van der Waals surface area contributed by atoms with Gasteiger partial charge in [0.25, 0.3) is 0 Å². The lowest BCUT2D eigenvalue weighted by molar-refractivity contribution is 0.580. The largest absolute Gasteiger partial charge is 0.310 e. The van der Waals surface area contributed by atoms with Crippen molar-refractivity contribution in [1.29, 1.82) is 0 Å². The predicted octanol–water partition coefficient (Wildman–Crippen LogP) is 2.28. The molecular weight excluding hydrogens is 304 g/mol. The van der Waals surface area contributed by atoms with E-state index < -0.39 is 10.0 Å². The minimum atomic E-state index is -3.40. The highest BCUT2D eigenvalue weighted by Gasteiger charge is 2.22. The summed E-state index contributed by atoms with van der Waals surface area (Å²) in [6.45, 7) is 3.12. The van der Waals surface area contributed by atoms with E-state index in [1.165, 1.54) is 12.8 Å². The van der Waals surface area contributed by atoms with Crippen LogP contribution >= 0.6 is 11.8 Å². The zero-order valence-corrected chi connectivity index (χ0v) is 14.3. The lowest BCUT2D eigenvalue weighted by Crippen LogP contribution is -2.26. The van der Waals surface area contributed by atoms with Gasteiger partial charge in [0.2, 0.25) is 10.0 Å². The van der Waals surface area contributed by atoms with Gasteiger partial charge in [0.1, 0.15) is 0 Å². The van der Waals surface area contributed by atoms with Crippen molar-refractivity contribution in [3.63, 3.8) is 0 Å². The maximum absolute atomic E-state index is 12.4. The third-order valence-corrected chi connectivity index (χ3v) is 5.96. The molecule has 1 aromatic rings. The second-order valence-corrected chi connectivity index (χ2v) is 8.16. The molecule has 4 nitrogen and oxygen atoms in total. The van der Waals surface area contributed by atoms with E-state index in [2.05, 4.69) is 10.0 Å². The van der Waals surface area contributed by atoms with Gasteiger partial charge in [-0.15, -0.1) is 0 Å². The molecule has 0 heterocycles. The number of rotatable bonds is 9. The summed E-state index contributed by atoms with van der Waals surface area (Å²) in [6, 6.07) is 6.13. The van der Waals surface area contributed by atoms with E-state index in [4.69, 9.17) is 0 Å². The van der Waals surface area contributed by atoms with Gasteiger partial charge < -0.3 is 5.32 Å². The Balaban J connectivity index is 2.04. The van der Waals surface area contributed by atoms with Crippen molar-refractivity contribution in [2.75, 3.05) is 18.6 Å². The first-order chi connectivity index (χ1) is 10.0. The Bertz CT molecular complexity index is 569. The monoisotopic (exact) mass is 328 g/mol. The van der Waals surface area contributed by atoms with Gasteiger partial charge in [-0.05, 0) is 55.4 Å². The van der Waals surface area contributed by atoms with Crippen LogP contribution in [-0.2, 0) is 16.6 Å². The number of hydrogen-bond acceptors (Lipinski definition) is 4. The van der Waals surface area contributed by atoms with Crippen molar-refractivity contribution in [2.45, 2.75) is 43.7 Å². The molecule has 1 saturated carbocycles. The van der Waals surface area contributed by atoms with E-state index in [1.54, 1.807) is 17.8 Å². The number of nitrogens with one attached hydrogen (secondary N) is 2. The average Bonchev–Trinajstić information content (AvgIpc) is 3.26. The lowest BCUT2D eigenvalue weighted by Gasteiger charge is -2.13. The van der Waals surface area contributed by atoms with Crippen LogP contribution in [0.1, 0.15) is 30.4 Å². The zero-order valence-electron chi connectivity index (χ0n) is 12.7. The fourth-order valence-electron chi connectivity index (χ4n) is 2.19. The van der Waals surface area contributed by atoms with Crippen LogP contribution in [0.25, 0.3) is 0 Å². The molecule has 0 atom stereocenters.